The van der Waals surface area contributed by atoms with Crippen molar-refractivity contribution in [1.82, 2.24) is 0 Å². The van der Waals surface area contributed by atoms with Crippen LogP contribution < -0.4 is 10.1 Å². The molecule has 3 aromatic rings. The summed E-state index contributed by atoms with van der Waals surface area (Å²) in [5.74, 6) is -0.496. The Morgan fingerprint density at radius 1 is 1.00 bits per heavy atom. The van der Waals surface area contributed by atoms with Crippen LogP contribution in [0.15, 0.2) is 72.8 Å². The van der Waals surface area contributed by atoms with E-state index in [0.29, 0.717) is 28.6 Å². The van der Waals surface area contributed by atoms with Crippen LogP contribution in [0.25, 0.3) is 0 Å². The number of esters is 2. The number of hydrogen-bond donors (Lipinski definition) is 1. The number of nitrogens with one attached hydrogen (secondary N) is 1. The van der Waals surface area contributed by atoms with Gasteiger partial charge in [-0.25, -0.2) is 9.59 Å². The van der Waals surface area contributed by atoms with Crippen molar-refractivity contribution in [1.29, 1.82) is 0 Å². The number of allylic oxidation sites excluding steroid dienone is 2. The van der Waals surface area contributed by atoms with Gasteiger partial charge in [0, 0.05) is 21.7 Å². The summed E-state index contributed by atoms with van der Waals surface area (Å²) in [5.41, 5.74) is 3.61. The summed E-state index contributed by atoms with van der Waals surface area (Å²) in [7, 11) is 0. The molecular weight excluding hydrogens is 497 g/mol. The van der Waals surface area contributed by atoms with Crippen molar-refractivity contribution in [3.05, 3.63) is 105 Å². The van der Waals surface area contributed by atoms with Crippen LogP contribution >= 0.6 is 23.2 Å². The summed E-state index contributed by atoms with van der Waals surface area (Å²) in [5, 5.41) is 4.85. The fraction of sp³-hybridized carbons (Fsp3) is 0.241. The maximum Gasteiger partial charge on any atom is 0.343 e. The number of para-hydroxylation sites is 1. The fourth-order valence-electron chi connectivity index (χ4n) is 4.94. The molecule has 0 unspecified atom stereocenters. The molecule has 0 spiro atoms. The maximum absolute atomic E-state index is 13.1. The minimum atomic E-state index is -0.532. The smallest absolute Gasteiger partial charge is 0.343 e. The molecule has 0 bridgehead atoms. The standard InChI is InChI=1S/C29H25Cl2NO4/c1-2-14-35-29(34)22-6-3-4-9-26(22)36-28(33)17-10-13-25-23(15-17)19-7-5-8-20(19)27(32-25)21-12-11-18(30)16-24(21)31/h3-7,9-13,15-16,19-20,27,32H,2,8,14H2,1H3/t19-,20+,27+/m1/s1. The Kier molecular flexibility index (Phi) is 7.04. The van der Waals surface area contributed by atoms with Gasteiger partial charge in [-0.2, -0.15) is 0 Å². The average molecular weight is 522 g/mol. The van der Waals surface area contributed by atoms with Crippen molar-refractivity contribution < 1.29 is 19.1 Å². The summed E-state index contributed by atoms with van der Waals surface area (Å²) >= 11 is 12.7. The van der Waals surface area contributed by atoms with E-state index in [1.165, 1.54) is 0 Å². The van der Waals surface area contributed by atoms with E-state index in [1.54, 1.807) is 36.4 Å². The molecule has 1 heterocycles. The molecule has 0 radical (unpaired) electrons. The molecule has 5 nitrogen and oxygen atoms in total. The number of benzene rings is 3. The molecule has 0 fully saturated rings. The lowest BCUT2D eigenvalue weighted by atomic mass is 9.76. The van der Waals surface area contributed by atoms with Gasteiger partial charge < -0.3 is 14.8 Å². The van der Waals surface area contributed by atoms with Crippen LogP contribution in [0.4, 0.5) is 5.69 Å². The van der Waals surface area contributed by atoms with Gasteiger partial charge >= 0.3 is 11.9 Å². The van der Waals surface area contributed by atoms with Crippen molar-refractivity contribution >= 4 is 40.8 Å². The second kappa shape index (κ2) is 10.4. The zero-order valence-electron chi connectivity index (χ0n) is 19.7. The molecular formula is C29H25Cl2NO4. The molecule has 36 heavy (non-hydrogen) atoms. The van der Waals surface area contributed by atoms with Crippen LogP contribution in [-0.2, 0) is 4.74 Å². The van der Waals surface area contributed by atoms with Gasteiger partial charge in [0.25, 0.3) is 0 Å². The number of halogens is 2. The fourth-order valence-corrected chi connectivity index (χ4v) is 5.46. The summed E-state index contributed by atoms with van der Waals surface area (Å²) in [6, 6.07) is 17.7. The van der Waals surface area contributed by atoms with Crippen molar-refractivity contribution in [3.63, 3.8) is 0 Å². The molecule has 1 N–H and O–H groups in total. The van der Waals surface area contributed by atoms with E-state index in [1.807, 2.05) is 31.2 Å². The number of rotatable bonds is 6. The highest BCUT2D eigenvalue weighted by atomic mass is 35.5. The third-order valence-electron chi connectivity index (χ3n) is 6.64. The highest BCUT2D eigenvalue weighted by molar-refractivity contribution is 6.35. The maximum atomic E-state index is 13.1. The zero-order chi connectivity index (χ0) is 25.2. The third kappa shape index (κ3) is 4.73. The Hall–Kier alpha value is -3.28. The second-order valence-corrected chi connectivity index (χ2v) is 9.81. The van der Waals surface area contributed by atoms with E-state index in [9.17, 15) is 9.59 Å². The van der Waals surface area contributed by atoms with Gasteiger partial charge in [-0.15, -0.1) is 0 Å². The number of hydrogen-bond acceptors (Lipinski definition) is 5. The molecule has 3 aromatic carbocycles. The summed E-state index contributed by atoms with van der Waals surface area (Å²) in [6.45, 7) is 2.22. The highest BCUT2D eigenvalue weighted by Gasteiger charge is 2.39. The largest absolute Gasteiger partial charge is 0.462 e. The number of fused-ring (bicyclic) bond motifs is 3. The van der Waals surface area contributed by atoms with Crippen LogP contribution in [-0.4, -0.2) is 18.5 Å². The molecule has 184 valence electrons. The van der Waals surface area contributed by atoms with Gasteiger partial charge in [0.15, 0.2) is 0 Å². The average Bonchev–Trinajstić information content (AvgIpc) is 3.37. The third-order valence-corrected chi connectivity index (χ3v) is 7.21. The molecule has 2 aliphatic rings. The van der Waals surface area contributed by atoms with Gasteiger partial charge in [0.2, 0.25) is 0 Å². The van der Waals surface area contributed by atoms with E-state index < -0.39 is 11.9 Å². The molecule has 0 amide bonds. The quantitative estimate of drug-likeness (QED) is 0.205. The van der Waals surface area contributed by atoms with Crippen LogP contribution in [0.3, 0.4) is 0 Å². The summed E-state index contributed by atoms with van der Waals surface area (Å²) in [4.78, 5) is 25.5. The highest BCUT2D eigenvalue weighted by Crippen LogP contribution is 2.51. The van der Waals surface area contributed by atoms with Gasteiger partial charge in [0.1, 0.15) is 11.3 Å². The molecule has 0 saturated heterocycles. The number of ether oxygens (including phenoxy) is 2. The number of carbonyl (C=O) groups is 2. The van der Waals surface area contributed by atoms with Crippen LogP contribution in [0.5, 0.6) is 5.75 Å². The Balaban J connectivity index is 1.41. The second-order valence-electron chi connectivity index (χ2n) is 8.96. The van der Waals surface area contributed by atoms with Gasteiger partial charge in [0.05, 0.1) is 18.2 Å². The van der Waals surface area contributed by atoms with Crippen molar-refractivity contribution in [2.24, 2.45) is 5.92 Å². The Morgan fingerprint density at radius 3 is 2.64 bits per heavy atom. The molecule has 3 atom stereocenters. The predicted octanol–water partition coefficient (Wildman–Crippen LogP) is 7.61. The first-order valence-electron chi connectivity index (χ1n) is 12.0. The molecule has 1 aliphatic heterocycles. The minimum Gasteiger partial charge on any atom is -0.462 e. The van der Waals surface area contributed by atoms with E-state index in [-0.39, 0.29) is 29.2 Å². The Bertz CT molecular complexity index is 1350. The lowest BCUT2D eigenvalue weighted by molar-refractivity contribution is 0.0499. The summed E-state index contributed by atoms with van der Waals surface area (Å²) < 4.78 is 10.9. The van der Waals surface area contributed by atoms with Crippen molar-refractivity contribution in [3.8, 4) is 5.75 Å². The topological polar surface area (TPSA) is 64.6 Å². The molecule has 0 saturated carbocycles. The zero-order valence-corrected chi connectivity index (χ0v) is 21.2. The van der Waals surface area contributed by atoms with Gasteiger partial charge in [-0.1, -0.05) is 60.5 Å². The normalized spacial score (nSPS) is 19.7. The molecule has 5 rings (SSSR count). The van der Waals surface area contributed by atoms with Crippen LogP contribution in [0, 0.1) is 5.92 Å². The van der Waals surface area contributed by atoms with Gasteiger partial charge in [-0.3, -0.25) is 0 Å². The van der Waals surface area contributed by atoms with E-state index in [4.69, 9.17) is 32.7 Å². The lowest BCUT2D eigenvalue weighted by Gasteiger charge is -2.38. The number of anilines is 1. The first-order valence-corrected chi connectivity index (χ1v) is 12.7. The van der Waals surface area contributed by atoms with E-state index >= 15 is 0 Å². The first kappa shape index (κ1) is 24.4. The van der Waals surface area contributed by atoms with E-state index in [2.05, 4.69) is 17.5 Å². The monoisotopic (exact) mass is 521 g/mol. The molecule has 1 aliphatic carbocycles. The van der Waals surface area contributed by atoms with E-state index in [0.717, 1.165) is 23.2 Å². The van der Waals surface area contributed by atoms with Crippen LogP contribution in [0.2, 0.25) is 10.0 Å². The minimum absolute atomic E-state index is 0.0149. The van der Waals surface area contributed by atoms with Crippen molar-refractivity contribution in [2.75, 3.05) is 11.9 Å². The lowest BCUT2D eigenvalue weighted by Crippen LogP contribution is -2.29. The van der Waals surface area contributed by atoms with Crippen molar-refractivity contribution in [2.45, 2.75) is 31.7 Å². The Morgan fingerprint density at radius 2 is 1.83 bits per heavy atom. The SMILES string of the molecule is CCCOC(=O)c1ccccc1OC(=O)c1ccc2c(c1)[C@@H]1C=CC[C@@H]1[C@@H](c1ccc(Cl)cc1Cl)N2. The molecule has 7 heteroatoms. The van der Waals surface area contributed by atoms with Gasteiger partial charge in [-0.05, 0) is 72.4 Å². The first-order chi connectivity index (χ1) is 17.5. The summed E-state index contributed by atoms with van der Waals surface area (Å²) in [6.07, 6.45) is 5.96. The van der Waals surface area contributed by atoms with Crippen LogP contribution in [0.1, 0.15) is 63.6 Å². The predicted molar refractivity (Wildman–Crippen MR) is 141 cm³/mol. The molecule has 0 aromatic heterocycles. The Labute approximate surface area is 220 Å². The number of carbonyl (C=O) groups excluding carboxylic acids is 2.